The Hall–Kier alpha value is -0.0800. The summed E-state index contributed by atoms with van der Waals surface area (Å²) in [6, 6.07) is 1.68. The molecule has 2 aliphatic rings. The Morgan fingerprint density at radius 3 is 2.38 bits per heavy atom. The molecule has 3 atom stereocenters. The first kappa shape index (κ1) is 9.47. The van der Waals surface area contributed by atoms with Gasteiger partial charge in [-0.2, -0.15) is 0 Å². The third-order valence-electron chi connectivity index (χ3n) is 3.67. The molecule has 0 aliphatic carbocycles. The van der Waals surface area contributed by atoms with Crippen LogP contribution in [0.25, 0.3) is 0 Å². The Morgan fingerprint density at radius 2 is 1.92 bits per heavy atom. The molecule has 0 radical (unpaired) electrons. The van der Waals surface area contributed by atoms with Crippen molar-refractivity contribution in [3.05, 3.63) is 0 Å². The van der Waals surface area contributed by atoms with Crippen molar-refractivity contribution in [3.8, 4) is 0 Å². The van der Waals surface area contributed by atoms with Crippen LogP contribution in [0.2, 0.25) is 0 Å². The van der Waals surface area contributed by atoms with Crippen LogP contribution in [-0.4, -0.2) is 48.6 Å². The van der Waals surface area contributed by atoms with E-state index >= 15 is 0 Å². The van der Waals surface area contributed by atoms with E-state index in [4.69, 9.17) is 0 Å². The van der Waals surface area contributed by atoms with Crippen molar-refractivity contribution in [1.29, 1.82) is 0 Å². The van der Waals surface area contributed by atoms with Crippen molar-refractivity contribution in [2.75, 3.05) is 26.7 Å². The van der Waals surface area contributed by atoms with Crippen molar-refractivity contribution in [2.45, 2.75) is 38.8 Å². The fraction of sp³-hybridized carbons (Fsp3) is 1.00. The molecule has 76 valence electrons. The van der Waals surface area contributed by atoms with Crippen LogP contribution in [0.5, 0.6) is 0 Å². The fourth-order valence-electron chi connectivity index (χ4n) is 3.02. The summed E-state index contributed by atoms with van der Waals surface area (Å²) in [5.74, 6) is 0.918. The molecule has 0 aromatic carbocycles. The van der Waals surface area contributed by atoms with E-state index in [1.54, 1.807) is 0 Å². The molecule has 0 bridgehead atoms. The van der Waals surface area contributed by atoms with Crippen molar-refractivity contribution >= 4 is 0 Å². The Labute approximate surface area is 81.9 Å². The number of nitrogens with zero attached hydrogens (tertiary/aromatic N) is 2. The largest absolute Gasteiger partial charge is 0.305 e. The maximum absolute atomic E-state index is 2.73. The number of rotatable bonds is 1. The summed E-state index contributed by atoms with van der Waals surface area (Å²) in [5.41, 5.74) is 0. The van der Waals surface area contributed by atoms with Crippen LogP contribution < -0.4 is 0 Å². The molecule has 0 spiro atoms. The SMILES string of the molecule is CC1CC(C)N(C2CCN(C)C2)C1. The van der Waals surface area contributed by atoms with Gasteiger partial charge in [-0.05, 0) is 39.3 Å². The van der Waals surface area contributed by atoms with Gasteiger partial charge in [0.15, 0.2) is 0 Å². The van der Waals surface area contributed by atoms with Crippen LogP contribution in [0.1, 0.15) is 26.7 Å². The zero-order valence-electron chi connectivity index (χ0n) is 9.16. The molecule has 0 amide bonds. The lowest BCUT2D eigenvalue weighted by atomic mass is 10.1. The number of likely N-dealkylation sites (N-methyl/N-ethyl adjacent to an activating group) is 1. The number of likely N-dealkylation sites (tertiary alicyclic amines) is 2. The predicted molar refractivity (Wildman–Crippen MR) is 55.9 cm³/mol. The summed E-state index contributed by atoms with van der Waals surface area (Å²) in [4.78, 5) is 5.19. The maximum atomic E-state index is 2.73. The van der Waals surface area contributed by atoms with Gasteiger partial charge in [0.25, 0.3) is 0 Å². The molecule has 2 heteroatoms. The van der Waals surface area contributed by atoms with Gasteiger partial charge in [-0.25, -0.2) is 0 Å². The lowest BCUT2D eigenvalue weighted by Gasteiger charge is -2.28. The van der Waals surface area contributed by atoms with E-state index in [2.05, 4.69) is 30.7 Å². The van der Waals surface area contributed by atoms with Gasteiger partial charge in [-0.1, -0.05) is 6.92 Å². The van der Waals surface area contributed by atoms with Crippen LogP contribution in [0.3, 0.4) is 0 Å². The summed E-state index contributed by atoms with van der Waals surface area (Å²) in [6.45, 7) is 8.69. The van der Waals surface area contributed by atoms with E-state index in [1.807, 2.05) is 0 Å². The Kier molecular flexibility index (Phi) is 2.61. The van der Waals surface area contributed by atoms with E-state index in [0.29, 0.717) is 0 Å². The van der Waals surface area contributed by atoms with Crippen molar-refractivity contribution in [2.24, 2.45) is 5.92 Å². The van der Waals surface area contributed by atoms with E-state index in [1.165, 1.54) is 32.5 Å². The van der Waals surface area contributed by atoms with Gasteiger partial charge in [0.2, 0.25) is 0 Å². The van der Waals surface area contributed by atoms with Gasteiger partial charge < -0.3 is 4.90 Å². The van der Waals surface area contributed by atoms with E-state index in [-0.39, 0.29) is 0 Å². The average molecular weight is 182 g/mol. The van der Waals surface area contributed by atoms with Crippen molar-refractivity contribution in [3.63, 3.8) is 0 Å². The summed E-state index contributed by atoms with van der Waals surface area (Å²) in [5, 5.41) is 0. The number of hydrogen-bond donors (Lipinski definition) is 0. The molecule has 0 aromatic rings. The maximum Gasteiger partial charge on any atom is 0.0238 e. The monoisotopic (exact) mass is 182 g/mol. The first-order chi connectivity index (χ1) is 6.16. The molecule has 2 saturated heterocycles. The van der Waals surface area contributed by atoms with Crippen LogP contribution in [0, 0.1) is 5.92 Å². The second-order valence-electron chi connectivity index (χ2n) is 5.09. The smallest absolute Gasteiger partial charge is 0.0238 e. The Morgan fingerprint density at radius 1 is 1.15 bits per heavy atom. The lowest BCUT2D eigenvalue weighted by Crippen LogP contribution is -2.39. The molecule has 2 aliphatic heterocycles. The summed E-state index contributed by atoms with van der Waals surface area (Å²) >= 11 is 0. The summed E-state index contributed by atoms with van der Waals surface area (Å²) in [7, 11) is 2.24. The second-order valence-corrected chi connectivity index (χ2v) is 5.09. The molecule has 3 unspecified atom stereocenters. The van der Waals surface area contributed by atoms with Gasteiger partial charge >= 0.3 is 0 Å². The zero-order valence-corrected chi connectivity index (χ0v) is 9.16. The Balaban J connectivity index is 1.93. The molecule has 2 rings (SSSR count). The molecule has 0 aromatic heterocycles. The molecular weight excluding hydrogens is 160 g/mol. The molecule has 0 saturated carbocycles. The zero-order chi connectivity index (χ0) is 9.42. The number of hydrogen-bond acceptors (Lipinski definition) is 2. The standard InChI is InChI=1S/C11H22N2/c1-9-6-10(2)13(7-9)11-4-5-12(3)8-11/h9-11H,4-8H2,1-3H3. The molecule has 2 nitrogen and oxygen atoms in total. The highest BCUT2D eigenvalue weighted by molar-refractivity contribution is 4.89. The molecule has 13 heavy (non-hydrogen) atoms. The topological polar surface area (TPSA) is 6.48 Å². The third-order valence-corrected chi connectivity index (χ3v) is 3.67. The quantitative estimate of drug-likeness (QED) is 0.605. The lowest BCUT2D eigenvalue weighted by molar-refractivity contribution is 0.189. The molecular formula is C11H22N2. The minimum Gasteiger partial charge on any atom is -0.305 e. The highest BCUT2D eigenvalue weighted by atomic mass is 15.3. The van der Waals surface area contributed by atoms with Gasteiger partial charge in [0, 0.05) is 25.2 Å². The predicted octanol–water partition coefficient (Wildman–Crippen LogP) is 1.42. The highest BCUT2D eigenvalue weighted by Gasteiger charge is 2.34. The Bertz CT molecular complexity index is 181. The highest BCUT2D eigenvalue weighted by Crippen LogP contribution is 2.27. The summed E-state index contributed by atoms with van der Waals surface area (Å²) < 4.78 is 0. The van der Waals surface area contributed by atoms with Crippen LogP contribution >= 0.6 is 0 Å². The minimum atomic E-state index is 0.825. The van der Waals surface area contributed by atoms with Gasteiger partial charge in [-0.3, -0.25) is 4.90 Å². The van der Waals surface area contributed by atoms with E-state index < -0.39 is 0 Å². The van der Waals surface area contributed by atoms with Crippen molar-refractivity contribution in [1.82, 2.24) is 9.80 Å². The fourth-order valence-corrected chi connectivity index (χ4v) is 3.02. The van der Waals surface area contributed by atoms with E-state index in [9.17, 15) is 0 Å². The summed E-state index contributed by atoms with van der Waals surface area (Å²) in [6.07, 6.45) is 2.79. The molecule has 2 fully saturated rings. The first-order valence-electron chi connectivity index (χ1n) is 5.61. The van der Waals surface area contributed by atoms with Crippen LogP contribution in [-0.2, 0) is 0 Å². The van der Waals surface area contributed by atoms with Crippen LogP contribution in [0.15, 0.2) is 0 Å². The average Bonchev–Trinajstić information content (AvgIpc) is 2.58. The second kappa shape index (κ2) is 3.58. The van der Waals surface area contributed by atoms with Gasteiger partial charge in [0.1, 0.15) is 0 Å². The minimum absolute atomic E-state index is 0.825. The first-order valence-corrected chi connectivity index (χ1v) is 5.61. The van der Waals surface area contributed by atoms with Crippen LogP contribution in [0.4, 0.5) is 0 Å². The third kappa shape index (κ3) is 1.89. The molecule has 0 N–H and O–H groups in total. The van der Waals surface area contributed by atoms with Gasteiger partial charge in [-0.15, -0.1) is 0 Å². The normalized spacial score (nSPS) is 43.2. The van der Waals surface area contributed by atoms with Gasteiger partial charge in [0.05, 0.1) is 0 Å². The van der Waals surface area contributed by atoms with Crippen molar-refractivity contribution < 1.29 is 0 Å². The molecule has 2 heterocycles. The van der Waals surface area contributed by atoms with E-state index in [0.717, 1.165) is 18.0 Å².